The highest BCUT2D eigenvalue weighted by molar-refractivity contribution is 6.30. The van der Waals surface area contributed by atoms with E-state index in [1.54, 1.807) is 62.4 Å². The number of hydrogen-bond acceptors (Lipinski definition) is 6. The molecule has 0 radical (unpaired) electrons. The number of carbonyl (C=O) groups is 3. The van der Waals surface area contributed by atoms with Crippen LogP contribution in [-0.2, 0) is 22.6 Å². The number of likely N-dealkylation sites (tertiary alicyclic amines) is 1. The van der Waals surface area contributed by atoms with Gasteiger partial charge in [-0.2, -0.15) is 0 Å². The van der Waals surface area contributed by atoms with E-state index in [2.05, 4.69) is 12.4 Å². The predicted molar refractivity (Wildman–Crippen MR) is 167 cm³/mol. The van der Waals surface area contributed by atoms with Crippen LogP contribution in [0.25, 0.3) is 0 Å². The van der Waals surface area contributed by atoms with Gasteiger partial charge < -0.3 is 25.4 Å². The number of hydrogen-bond donors (Lipinski definition) is 3. The molecule has 3 aromatic rings. The molecule has 0 aliphatic carbocycles. The van der Waals surface area contributed by atoms with Gasteiger partial charge in [-0.3, -0.25) is 14.5 Å². The van der Waals surface area contributed by atoms with E-state index in [0.717, 1.165) is 30.6 Å². The number of benzene rings is 3. The number of amides is 3. The summed E-state index contributed by atoms with van der Waals surface area (Å²) >= 11 is 6.09. The molecule has 3 atom stereocenters. The van der Waals surface area contributed by atoms with Crippen LogP contribution in [0.15, 0.2) is 72.8 Å². The molecule has 1 unspecified atom stereocenters. The first-order valence-electron chi connectivity index (χ1n) is 14.5. The number of esters is 1. The highest BCUT2D eigenvalue weighted by atomic mass is 35.5. The molecule has 0 aromatic heterocycles. The lowest BCUT2D eigenvalue weighted by molar-refractivity contribution is -0.928. The molecule has 0 bridgehead atoms. The van der Waals surface area contributed by atoms with Gasteiger partial charge in [0.15, 0.2) is 0 Å². The number of ether oxygens (including phenoxy) is 1. The third-order valence-corrected chi connectivity index (χ3v) is 7.94. The minimum absolute atomic E-state index is 0.120. The van der Waals surface area contributed by atoms with Crippen molar-refractivity contribution in [1.29, 1.82) is 0 Å². The molecule has 1 aliphatic rings. The molecular formula is C33H40ClN4O5+. The van der Waals surface area contributed by atoms with Gasteiger partial charge >= 0.3 is 12.0 Å². The minimum Gasteiger partial charge on any atom is -0.508 e. The molecule has 1 heterocycles. The Morgan fingerprint density at radius 1 is 1.02 bits per heavy atom. The predicted octanol–water partition coefficient (Wildman–Crippen LogP) is 5.35. The van der Waals surface area contributed by atoms with Gasteiger partial charge in [-0.15, -0.1) is 0 Å². The van der Waals surface area contributed by atoms with E-state index in [1.165, 1.54) is 4.90 Å². The number of phenolic OH excluding ortho intramolecular Hbond substituents is 1. The topological polar surface area (TPSA) is 122 Å². The molecule has 4 rings (SSSR count). The highest BCUT2D eigenvalue weighted by Gasteiger charge is 2.40. The van der Waals surface area contributed by atoms with Crippen molar-refractivity contribution in [3.63, 3.8) is 0 Å². The molecule has 1 fully saturated rings. The first-order chi connectivity index (χ1) is 20.4. The van der Waals surface area contributed by atoms with Crippen molar-refractivity contribution < 1.29 is 28.7 Å². The maximum Gasteiger partial charge on any atom is 0.329 e. The van der Waals surface area contributed by atoms with Crippen molar-refractivity contribution in [3.8, 4) is 11.5 Å². The molecule has 0 spiro atoms. The van der Waals surface area contributed by atoms with Crippen molar-refractivity contribution in [2.75, 3.05) is 25.5 Å². The number of rotatable bonds is 9. The number of nitrogens with one attached hydrogen (secondary N) is 1. The molecule has 9 nitrogen and oxygen atoms in total. The van der Waals surface area contributed by atoms with Crippen LogP contribution in [0.4, 0.5) is 10.5 Å². The Hall–Kier alpha value is -3.92. The fourth-order valence-electron chi connectivity index (χ4n) is 5.41. The molecule has 3 amide bonds. The summed E-state index contributed by atoms with van der Waals surface area (Å²) in [5, 5.41) is 13.2. The monoisotopic (exact) mass is 607 g/mol. The number of urea groups is 1. The Morgan fingerprint density at radius 3 is 2.28 bits per heavy atom. The molecule has 0 saturated carbocycles. The van der Waals surface area contributed by atoms with E-state index in [4.69, 9.17) is 22.1 Å². The summed E-state index contributed by atoms with van der Waals surface area (Å²) in [5.74, 6) is -0.618. The van der Waals surface area contributed by atoms with Crippen LogP contribution >= 0.6 is 11.6 Å². The summed E-state index contributed by atoms with van der Waals surface area (Å²) in [6.45, 7) is 5.70. The van der Waals surface area contributed by atoms with Crippen LogP contribution in [0.2, 0.25) is 5.02 Å². The molecule has 3 aromatic carbocycles. The first kappa shape index (κ1) is 32.0. The van der Waals surface area contributed by atoms with Gasteiger partial charge in [0.2, 0.25) is 5.91 Å². The number of aromatic hydroxyl groups is 1. The maximum absolute atomic E-state index is 13.9. The fourth-order valence-corrected chi connectivity index (χ4v) is 5.53. The third-order valence-electron chi connectivity index (χ3n) is 7.69. The Balaban J connectivity index is 1.55. The van der Waals surface area contributed by atoms with Crippen LogP contribution in [0, 0.1) is 5.92 Å². The van der Waals surface area contributed by atoms with Crippen LogP contribution in [0.3, 0.4) is 0 Å². The van der Waals surface area contributed by atoms with E-state index in [0.29, 0.717) is 33.9 Å². The summed E-state index contributed by atoms with van der Waals surface area (Å²) < 4.78 is 5.98. The van der Waals surface area contributed by atoms with E-state index in [1.807, 2.05) is 24.3 Å². The van der Waals surface area contributed by atoms with Gasteiger partial charge in [0.1, 0.15) is 24.6 Å². The highest BCUT2D eigenvalue weighted by Crippen LogP contribution is 2.27. The lowest BCUT2D eigenvalue weighted by atomic mass is 9.98. The Kier molecular flexibility index (Phi) is 10.4. The summed E-state index contributed by atoms with van der Waals surface area (Å²) in [7, 11) is 2.13. The van der Waals surface area contributed by atoms with Crippen molar-refractivity contribution in [2.24, 2.45) is 11.7 Å². The SMILES string of the molecule is CC(C)C(=O)Oc1ccc(NC(=O)N(C(=O)[C@@H](N)Cc2ccc(O)cc2)[C@H]2CCC[N+](C)(Cc3ccc(Cl)cc3)C2)cc1. The number of nitrogens with zero attached hydrogens (tertiary/aromatic N) is 2. The van der Waals surface area contributed by atoms with Gasteiger partial charge in [0, 0.05) is 16.3 Å². The second-order valence-electron chi connectivity index (χ2n) is 11.8. The number of phenols is 1. The molecule has 10 heteroatoms. The Labute approximate surface area is 257 Å². The lowest BCUT2D eigenvalue weighted by Gasteiger charge is -2.44. The fraction of sp³-hybridized carbons (Fsp3) is 0.364. The zero-order chi connectivity index (χ0) is 31.1. The van der Waals surface area contributed by atoms with E-state index in [9.17, 15) is 19.5 Å². The van der Waals surface area contributed by atoms with Gasteiger partial charge in [-0.25, -0.2) is 4.79 Å². The largest absolute Gasteiger partial charge is 0.508 e. The van der Waals surface area contributed by atoms with Crippen LogP contribution in [0.5, 0.6) is 11.5 Å². The van der Waals surface area contributed by atoms with Crippen molar-refractivity contribution in [3.05, 3.63) is 88.9 Å². The minimum atomic E-state index is -0.968. The molecule has 4 N–H and O–H groups in total. The Morgan fingerprint density at radius 2 is 1.65 bits per heavy atom. The number of piperidine rings is 1. The molecule has 43 heavy (non-hydrogen) atoms. The number of anilines is 1. The maximum atomic E-state index is 13.9. The number of nitrogens with two attached hydrogens (primary N) is 1. The standard InChI is InChI=1S/C33H39ClN4O5/c1-22(2)32(41)43-29-16-12-26(13-17-29)36-33(42)37(31(40)30(35)19-23-8-14-28(39)15-9-23)27-5-4-18-38(3,21-27)20-24-6-10-25(34)11-7-24/h6-17,22,27,30H,4-5,18-21,35H2,1-3H3,(H-,36,39,42)/p+1/t27-,30-,38?/m0/s1. The molecular weight excluding hydrogens is 568 g/mol. The quantitative estimate of drug-likeness (QED) is 0.171. The average Bonchev–Trinajstić information content (AvgIpc) is 2.96. The first-order valence-corrected chi connectivity index (χ1v) is 14.9. The van der Waals surface area contributed by atoms with Crippen LogP contribution in [-0.4, -0.2) is 64.6 Å². The average molecular weight is 608 g/mol. The third kappa shape index (κ3) is 8.79. The summed E-state index contributed by atoms with van der Waals surface area (Å²) in [6.07, 6.45) is 1.70. The zero-order valence-electron chi connectivity index (χ0n) is 24.8. The summed E-state index contributed by atoms with van der Waals surface area (Å²) in [4.78, 5) is 40.9. The normalized spacial score (nSPS) is 19.0. The van der Waals surface area contributed by atoms with Crippen LogP contribution < -0.4 is 15.8 Å². The van der Waals surface area contributed by atoms with E-state index < -0.39 is 18.0 Å². The van der Waals surface area contributed by atoms with E-state index in [-0.39, 0.29) is 30.1 Å². The molecule has 1 aliphatic heterocycles. The number of halogens is 1. The summed E-state index contributed by atoms with van der Waals surface area (Å²) in [6, 6.07) is 18.8. The number of quaternary nitrogens is 1. The van der Waals surface area contributed by atoms with Gasteiger partial charge in [-0.1, -0.05) is 49.7 Å². The number of carbonyl (C=O) groups excluding carboxylic acids is 3. The lowest BCUT2D eigenvalue weighted by Crippen LogP contribution is -2.62. The zero-order valence-corrected chi connectivity index (χ0v) is 25.6. The van der Waals surface area contributed by atoms with Gasteiger partial charge in [-0.05, 0) is 73.4 Å². The van der Waals surface area contributed by atoms with Crippen LogP contribution in [0.1, 0.15) is 37.8 Å². The second kappa shape index (κ2) is 14.0. The van der Waals surface area contributed by atoms with Gasteiger partial charge in [0.25, 0.3) is 0 Å². The Bertz CT molecular complexity index is 1410. The molecule has 228 valence electrons. The smallest absolute Gasteiger partial charge is 0.329 e. The summed E-state index contributed by atoms with van der Waals surface area (Å²) in [5.41, 5.74) is 8.77. The van der Waals surface area contributed by atoms with Crippen molar-refractivity contribution in [2.45, 2.75) is 51.7 Å². The van der Waals surface area contributed by atoms with Crippen molar-refractivity contribution >= 4 is 35.2 Å². The van der Waals surface area contributed by atoms with E-state index >= 15 is 0 Å². The number of likely N-dealkylation sites (N-methyl/N-ethyl adjacent to an activating group) is 1. The van der Waals surface area contributed by atoms with Gasteiger partial charge in [0.05, 0.1) is 31.6 Å². The molecule has 1 saturated heterocycles. The van der Waals surface area contributed by atoms with Crippen molar-refractivity contribution in [1.82, 2.24) is 4.90 Å². The second-order valence-corrected chi connectivity index (χ2v) is 12.3. The number of imide groups is 1.